The molecule has 3 rings (SSSR count). The summed E-state index contributed by atoms with van der Waals surface area (Å²) in [5.41, 5.74) is 3.81. The van der Waals surface area contributed by atoms with Crippen molar-refractivity contribution >= 4 is 60.9 Å². The third kappa shape index (κ3) is 3.10. The Labute approximate surface area is 147 Å². The Morgan fingerprint density at radius 3 is 2.67 bits per heavy atom. The zero-order valence-corrected chi connectivity index (χ0v) is 15.7. The molecular weight excluding hydrogens is 465 g/mol. The summed E-state index contributed by atoms with van der Waals surface area (Å²) < 4.78 is 2.25. The summed E-state index contributed by atoms with van der Waals surface area (Å²) in [6.45, 7) is 2.96. The van der Waals surface area contributed by atoms with Crippen molar-refractivity contribution in [3.8, 4) is 0 Å². The van der Waals surface area contributed by atoms with Crippen LogP contribution in [0.2, 0.25) is 0 Å². The van der Waals surface area contributed by atoms with Gasteiger partial charge in [-0.2, -0.15) is 0 Å². The average Bonchev–Trinajstić information content (AvgIpc) is 3.00. The van der Waals surface area contributed by atoms with Gasteiger partial charge in [0, 0.05) is 4.47 Å². The fourth-order valence-corrected chi connectivity index (χ4v) is 4.35. The third-order valence-corrected chi connectivity index (χ3v) is 5.77. The summed E-state index contributed by atoms with van der Waals surface area (Å²) in [6.07, 6.45) is 0. The predicted molar refractivity (Wildman–Crippen MR) is 99.2 cm³/mol. The van der Waals surface area contributed by atoms with Crippen molar-refractivity contribution in [3.05, 3.63) is 52.5 Å². The van der Waals surface area contributed by atoms with Gasteiger partial charge in [-0.1, -0.05) is 22.9 Å². The molecule has 2 aromatic heterocycles. The van der Waals surface area contributed by atoms with Gasteiger partial charge in [-0.25, -0.2) is 4.79 Å². The number of hydrogen-bond acceptors (Lipinski definition) is 3. The third-order valence-electron chi connectivity index (χ3n) is 3.27. The normalized spacial score (nSPS) is 12.9. The van der Waals surface area contributed by atoms with Crippen molar-refractivity contribution < 1.29 is 0 Å². The summed E-state index contributed by atoms with van der Waals surface area (Å²) in [7, 11) is 0. The smallest absolute Gasteiger partial charge is 0.306 e. The molecule has 0 saturated heterocycles. The number of nitrogens with one attached hydrogen (secondary N) is 3. The predicted octanol–water partition coefficient (Wildman–Crippen LogP) is 3.98. The van der Waals surface area contributed by atoms with Crippen LogP contribution in [-0.2, 0) is 0 Å². The molecule has 110 valence electrons. The van der Waals surface area contributed by atoms with Crippen molar-refractivity contribution in [2.45, 2.75) is 13.0 Å². The van der Waals surface area contributed by atoms with Crippen LogP contribution in [0.4, 0.5) is 0 Å². The fraction of sp³-hybridized carbons (Fsp3) is 0.214. The van der Waals surface area contributed by atoms with E-state index >= 15 is 0 Å². The van der Waals surface area contributed by atoms with E-state index in [1.807, 2.05) is 12.1 Å². The van der Waals surface area contributed by atoms with E-state index in [0.29, 0.717) is 0 Å². The minimum atomic E-state index is -0.181. The molecule has 3 N–H and O–H groups in total. The van der Waals surface area contributed by atoms with Gasteiger partial charge in [0.2, 0.25) is 0 Å². The van der Waals surface area contributed by atoms with Crippen LogP contribution in [0.15, 0.2) is 32.8 Å². The van der Waals surface area contributed by atoms with Gasteiger partial charge >= 0.3 is 5.69 Å². The van der Waals surface area contributed by atoms with E-state index in [2.05, 4.69) is 72.2 Å². The van der Waals surface area contributed by atoms with Gasteiger partial charge < -0.3 is 15.3 Å². The van der Waals surface area contributed by atoms with Crippen LogP contribution in [0, 0.1) is 2.88 Å². The van der Waals surface area contributed by atoms with Gasteiger partial charge in [-0.3, -0.25) is 0 Å². The highest BCUT2D eigenvalue weighted by atomic mass is 127. The van der Waals surface area contributed by atoms with Crippen LogP contribution in [0.1, 0.15) is 24.1 Å². The van der Waals surface area contributed by atoms with Gasteiger partial charge in [-0.05, 0) is 63.8 Å². The summed E-state index contributed by atoms with van der Waals surface area (Å²) in [4.78, 5) is 17.0. The number of thiophene rings is 1. The van der Waals surface area contributed by atoms with Crippen LogP contribution in [0.3, 0.4) is 0 Å². The minimum absolute atomic E-state index is 0.104. The first kappa shape index (κ1) is 15.3. The Bertz CT molecular complexity index is 838. The second kappa shape index (κ2) is 6.23. The second-order valence-corrected chi connectivity index (χ2v) is 8.33. The molecule has 1 atom stereocenters. The number of rotatable bonds is 4. The SMILES string of the molecule is CCNC(c1csc(I)c1)c1cc2[nH]c(=O)[nH]c2cc1Br. The molecule has 0 aliphatic rings. The van der Waals surface area contributed by atoms with Crippen molar-refractivity contribution in [1.29, 1.82) is 0 Å². The molecule has 4 nitrogen and oxygen atoms in total. The van der Waals surface area contributed by atoms with Gasteiger partial charge in [-0.15, -0.1) is 11.3 Å². The lowest BCUT2D eigenvalue weighted by Crippen LogP contribution is -2.21. The molecule has 7 heteroatoms. The first-order valence-corrected chi connectivity index (χ1v) is 9.22. The molecule has 2 heterocycles. The highest BCUT2D eigenvalue weighted by Gasteiger charge is 2.18. The highest BCUT2D eigenvalue weighted by molar-refractivity contribution is 14.1. The molecule has 3 aromatic rings. The van der Waals surface area contributed by atoms with Crippen LogP contribution in [0.25, 0.3) is 11.0 Å². The van der Waals surface area contributed by atoms with E-state index in [4.69, 9.17) is 0 Å². The summed E-state index contributed by atoms with van der Waals surface area (Å²) in [5.74, 6) is 0. The van der Waals surface area contributed by atoms with E-state index in [9.17, 15) is 4.79 Å². The largest absolute Gasteiger partial charge is 0.323 e. The van der Waals surface area contributed by atoms with Crippen LogP contribution >= 0.6 is 49.9 Å². The standard InChI is InChI=1S/C14H13BrIN3OS/c1-2-17-13(7-3-12(16)21-6-7)8-4-10-11(5-9(8)15)19-14(20)18-10/h3-6,13,17H,2H2,1H3,(H2,18,19,20). The molecule has 0 amide bonds. The number of H-pyrrole nitrogens is 2. The quantitative estimate of drug-likeness (QED) is 0.497. The van der Waals surface area contributed by atoms with Crippen LogP contribution in [0.5, 0.6) is 0 Å². The second-order valence-electron chi connectivity index (χ2n) is 4.67. The van der Waals surface area contributed by atoms with Gasteiger partial charge in [0.25, 0.3) is 0 Å². The average molecular weight is 478 g/mol. The Hall–Kier alpha value is -0.640. The summed E-state index contributed by atoms with van der Waals surface area (Å²) >= 11 is 7.70. The van der Waals surface area contributed by atoms with Crippen LogP contribution in [-0.4, -0.2) is 16.5 Å². The number of halogens is 2. The van der Waals surface area contributed by atoms with Gasteiger partial charge in [0.05, 0.1) is 20.0 Å². The molecule has 0 aliphatic carbocycles. The monoisotopic (exact) mass is 477 g/mol. The first-order valence-electron chi connectivity index (χ1n) is 6.47. The lowest BCUT2D eigenvalue weighted by atomic mass is 10.0. The molecule has 0 aliphatic heterocycles. The molecule has 0 saturated carbocycles. The Morgan fingerprint density at radius 2 is 2.05 bits per heavy atom. The Morgan fingerprint density at radius 1 is 1.33 bits per heavy atom. The molecule has 0 radical (unpaired) electrons. The maximum Gasteiger partial charge on any atom is 0.323 e. The highest BCUT2D eigenvalue weighted by Crippen LogP contribution is 2.33. The van der Waals surface area contributed by atoms with E-state index in [0.717, 1.165) is 27.6 Å². The molecule has 21 heavy (non-hydrogen) atoms. The lowest BCUT2D eigenvalue weighted by molar-refractivity contribution is 0.631. The van der Waals surface area contributed by atoms with E-state index < -0.39 is 0 Å². The number of aromatic nitrogens is 2. The maximum absolute atomic E-state index is 11.4. The summed E-state index contributed by atoms with van der Waals surface area (Å²) in [5, 5.41) is 5.68. The molecule has 0 fully saturated rings. The fourth-order valence-electron chi connectivity index (χ4n) is 2.38. The molecule has 1 unspecified atom stereocenters. The van der Waals surface area contributed by atoms with E-state index in [-0.39, 0.29) is 11.7 Å². The number of benzene rings is 1. The van der Waals surface area contributed by atoms with Gasteiger partial charge in [0.1, 0.15) is 0 Å². The van der Waals surface area contributed by atoms with Crippen molar-refractivity contribution in [2.75, 3.05) is 6.54 Å². The zero-order valence-electron chi connectivity index (χ0n) is 11.2. The number of imidazole rings is 1. The molecule has 0 spiro atoms. The zero-order chi connectivity index (χ0) is 15.0. The van der Waals surface area contributed by atoms with Crippen LogP contribution < -0.4 is 11.0 Å². The molecule has 1 aromatic carbocycles. The number of fused-ring (bicyclic) bond motifs is 1. The van der Waals surface area contributed by atoms with Crippen molar-refractivity contribution in [3.63, 3.8) is 0 Å². The first-order chi connectivity index (χ1) is 10.1. The topological polar surface area (TPSA) is 60.7 Å². The minimum Gasteiger partial charge on any atom is -0.306 e. The maximum atomic E-state index is 11.4. The van der Waals surface area contributed by atoms with Gasteiger partial charge in [0.15, 0.2) is 0 Å². The lowest BCUT2D eigenvalue weighted by Gasteiger charge is -2.19. The van der Waals surface area contributed by atoms with Crippen molar-refractivity contribution in [1.82, 2.24) is 15.3 Å². The molecule has 0 bridgehead atoms. The number of hydrogen-bond donors (Lipinski definition) is 3. The Kier molecular flexibility index (Phi) is 4.53. The number of aromatic amines is 2. The summed E-state index contributed by atoms with van der Waals surface area (Å²) in [6, 6.07) is 6.26. The molecular formula is C14H13BrIN3OS. The Balaban J connectivity index is 2.14. The van der Waals surface area contributed by atoms with E-state index in [1.54, 1.807) is 11.3 Å². The van der Waals surface area contributed by atoms with E-state index in [1.165, 1.54) is 8.45 Å². The van der Waals surface area contributed by atoms with Crippen molar-refractivity contribution in [2.24, 2.45) is 0 Å².